The van der Waals surface area contributed by atoms with Gasteiger partial charge in [-0.3, -0.25) is 18.8 Å². The van der Waals surface area contributed by atoms with Crippen LogP contribution in [0, 0.1) is 18.8 Å². The average molecular weight is 626 g/mol. The number of rotatable bonds is 9. The van der Waals surface area contributed by atoms with Crippen LogP contribution in [-0.2, 0) is 17.9 Å². The molecule has 0 radical (unpaired) electrons. The van der Waals surface area contributed by atoms with E-state index in [0.717, 1.165) is 47.3 Å². The quantitative estimate of drug-likeness (QED) is 0.253. The van der Waals surface area contributed by atoms with E-state index in [-0.39, 0.29) is 25.4 Å². The number of piperidine rings is 1. The Hall–Kier alpha value is -4.04. The number of imidazole rings is 1. The van der Waals surface area contributed by atoms with E-state index >= 15 is 0 Å². The van der Waals surface area contributed by atoms with Gasteiger partial charge in [-0.15, -0.1) is 0 Å². The molecule has 2 atom stereocenters. The van der Waals surface area contributed by atoms with Crippen molar-refractivity contribution in [2.24, 2.45) is 11.8 Å². The highest BCUT2D eigenvalue weighted by Gasteiger charge is 2.38. The molecule has 1 aliphatic carbocycles. The number of amides is 1. The van der Waals surface area contributed by atoms with E-state index in [2.05, 4.69) is 48.0 Å². The number of hydrogen-bond acceptors (Lipinski definition) is 8. The minimum atomic E-state index is -4.30. The van der Waals surface area contributed by atoms with Gasteiger partial charge in [-0.05, 0) is 61.8 Å². The molecule has 5 heterocycles. The number of nitrogens with one attached hydrogen (secondary N) is 2. The van der Waals surface area contributed by atoms with Crippen LogP contribution in [0.25, 0.3) is 16.9 Å². The summed E-state index contributed by atoms with van der Waals surface area (Å²) in [4.78, 5) is 24.3. The lowest BCUT2D eigenvalue weighted by Gasteiger charge is -2.30. The van der Waals surface area contributed by atoms with Gasteiger partial charge in [0.1, 0.15) is 11.5 Å². The van der Waals surface area contributed by atoms with Crippen molar-refractivity contribution in [1.82, 2.24) is 38.7 Å². The number of likely N-dealkylation sites (tertiary alicyclic amines) is 1. The normalized spacial score (nSPS) is 19.3. The maximum atomic E-state index is 13.0. The lowest BCUT2D eigenvalue weighted by Crippen LogP contribution is -2.33. The third-order valence-corrected chi connectivity index (χ3v) is 8.56. The number of carbonyl (C=O) groups excluding carboxylic acids is 1. The van der Waals surface area contributed by atoms with Gasteiger partial charge in [-0.2, -0.15) is 22.6 Å². The van der Waals surface area contributed by atoms with Crippen LogP contribution in [-0.4, -0.2) is 65.1 Å². The number of hydrogen-bond donors (Lipinski definition) is 2. The molecule has 1 amide bonds. The molecule has 0 bridgehead atoms. The van der Waals surface area contributed by atoms with Gasteiger partial charge < -0.3 is 10.6 Å². The Kier molecular flexibility index (Phi) is 8.54. The van der Waals surface area contributed by atoms with Crippen LogP contribution in [0.2, 0.25) is 0 Å². The number of nitrogens with zero attached hydrogens (tertiary/aromatic N) is 7. The summed E-state index contributed by atoms with van der Waals surface area (Å²) >= 11 is 1.40. The van der Waals surface area contributed by atoms with Crippen molar-refractivity contribution in [2.45, 2.75) is 52.4 Å². The zero-order chi connectivity index (χ0) is 30.8. The molecule has 2 aliphatic rings. The second-order valence-corrected chi connectivity index (χ2v) is 12.4. The molecular formula is C30H34F3N9OS. The summed E-state index contributed by atoms with van der Waals surface area (Å²) in [7, 11) is 0. The first kappa shape index (κ1) is 30.0. The molecule has 10 nitrogen and oxygen atoms in total. The molecular weight excluding hydrogens is 591 g/mol. The Balaban J connectivity index is 1.11. The molecule has 2 N–H and O–H groups in total. The fourth-order valence-electron chi connectivity index (χ4n) is 5.71. The summed E-state index contributed by atoms with van der Waals surface area (Å²) < 4.78 is 47.2. The fraction of sp³-hybridized carbons (Fsp3) is 0.433. The molecule has 232 valence electrons. The first-order chi connectivity index (χ1) is 21.1. The topological polar surface area (TPSA) is 105 Å². The lowest BCUT2D eigenvalue weighted by atomic mass is 9.95. The molecule has 1 fully saturated rings. The number of aromatic nitrogens is 6. The van der Waals surface area contributed by atoms with E-state index in [1.54, 1.807) is 24.7 Å². The van der Waals surface area contributed by atoms with Crippen LogP contribution in [0.1, 0.15) is 37.6 Å². The van der Waals surface area contributed by atoms with Gasteiger partial charge in [0, 0.05) is 37.6 Å². The minimum Gasteiger partial charge on any atom is -0.350 e. The van der Waals surface area contributed by atoms with Gasteiger partial charge >= 0.3 is 6.18 Å². The molecule has 4 aromatic rings. The van der Waals surface area contributed by atoms with Crippen molar-refractivity contribution in [2.75, 3.05) is 25.0 Å². The highest BCUT2D eigenvalue weighted by atomic mass is 32.1. The standard InChI is InChI=1S/C30H34F3N9OS/c1-19-5-4-8-40(14-19)17-24-10-27(44-39-24)38-28-29-35-13-25(42(29)15-20(2)37-28)22-12-36-41(16-22)18-26(43)34-11-21-6-3-7-23(9-21)30(31,32)33/h3,6,9-10,12-13,15-16,19,23H,4-5,7-8,11,14,17-18H2,1-2H3,(H,34,43)(H,37,38). The van der Waals surface area contributed by atoms with Crippen molar-refractivity contribution in [3.63, 3.8) is 0 Å². The fourth-order valence-corrected chi connectivity index (χ4v) is 6.36. The molecule has 0 spiro atoms. The van der Waals surface area contributed by atoms with Crippen molar-refractivity contribution >= 4 is 33.9 Å². The summed E-state index contributed by atoms with van der Waals surface area (Å²) in [6.45, 7) is 7.18. The molecule has 2 unspecified atom stereocenters. The van der Waals surface area contributed by atoms with Gasteiger partial charge in [0.05, 0.1) is 35.4 Å². The van der Waals surface area contributed by atoms with E-state index in [0.29, 0.717) is 23.0 Å². The van der Waals surface area contributed by atoms with Crippen LogP contribution in [0.5, 0.6) is 0 Å². The molecule has 0 aromatic carbocycles. The maximum Gasteiger partial charge on any atom is 0.395 e. The Bertz CT molecular complexity index is 1700. The number of fused-ring (bicyclic) bond motifs is 1. The molecule has 0 saturated carbocycles. The number of alkyl halides is 3. The van der Waals surface area contributed by atoms with E-state index in [9.17, 15) is 18.0 Å². The van der Waals surface area contributed by atoms with Crippen molar-refractivity contribution in [3.8, 4) is 11.3 Å². The van der Waals surface area contributed by atoms with Crippen LogP contribution >= 0.6 is 11.5 Å². The van der Waals surface area contributed by atoms with Crippen LogP contribution < -0.4 is 10.6 Å². The van der Waals surface area contributed by atoms with Crippen molar-refractivity contribution in [3.05, 3.63) is 66.0 Å². The zero-order valence-corrected chi connectivity index (χ0v) is 25.3. The highest BCUT2D eigenvalue weighted by molar-refractivity contribution is 7.10. The first-order valence-corrected chi connectivity index (χ1v) is 15.4. The van der Waals surface area contributed by atoms with Crippen molar-refractivity contribution < 1.29 is 18.0 Å². The van der Waals surface area contributed by atoms with Crippen LogP contribution in [0.15, 0.2) is 54.7 Å². The summed E-state index contributed by atoms with van der Waals surface area (Å²) in [6.07, 6.45) is 9.40. The number of halogens is 3. The van der Waals surface area contributed by atoms with E-state index in [4.69, 9.17) is 0 Å². The second-order valence-electron chi connectivity index (χ2n) is 11.6. The minimum absolute atomic E-state index is 0.0179. The number of anilines is 2. The third-order valence-electron chi connectivity index (χ3n) is 7.82. The van der Waals surface area contributed by atoms with E-state index in [1.165, 1.54) is 41.2 Å². The summed E-state index contributed by atoms with van der Waals surface area (Å²) in [5.41, 5.74) is 4.43. The van der Waals surface area contributed by atoms with Gasteiger partial charge in [-0.1, -0.05) is 25.2 Å². The van der Waals surface area contributed by atoms with Crippen LogP contribution in [0.4, 0.5) is 24.0 Å². The lowest BCUT2D eigenvalue weighted by molar-refractivity contribution is -0.160. The third kappa shape index (κ3) is 7.02. The predicted octanol–water partition coefficient (Wildman–Crippen LogP) is 5.51. The second kappa shape index (κ2) is 12.5. The van der Waals surface area contributed by atoms with Gasteiger partial charge in [0.15, 0.2) is 11.5 Å². The zero-order valence-electron chi connectivity index (χ0n) is 24.5. The Labute approximate surface area is 256 Å². The molecule has 44 heavy (non-hydrogen) atoms. The largest absolute Gasteiger partial charge is 0.395 e. The van der Waals surface area contributed by atoms with E-state index in [1.807, 2.05) is 17.5 Å². The SMILES string of the molecule is Cc1cn2c(-c3cnn(CC(=O)NCC4=CC(C(F)(F)F)CC=C4)c3)cnc2c(Nc2cc(CN3CCCC(C)C3)ns2)n1. The Morgan fingerprint density at radius 3 is 2.91 bits per heavy atom. The molecule has 1 aliphatic heterocycles. The number of allylic oxidation sites excluding steroid dienone is 2. The van der Waals surface area contributed by atoms with Gasteiger partial charge in [0.2, 0.25) is 5.91 Å². The first-order valence-electron chi connectivity index (χ1n) is 14.6. The molecule has 1 saturated heterocycles. The van der Waals surface area contributed by atoms with Crippen LogP contribution in [0.3, 0.4) is 0 Å². The van der Waals surface area contributed by atoms with Gasteiger partial charge in [0.25, 0.3) is 0 Å². The van der Waals surface area contributed by atoms with Crippen molar-refractivity contribution in [1.29, 1.82) is 0 Å². The summed E-state index contributed by atoms with van der Waals surface area (Å²) in [6, 6.07) is 2.07. The number of carbonyl (C=O) groups is 1. The smallest absolute Gasteiger partial charge is 0.350 e. The highest BCUT2D eigenvalue weighted by Crippen LogP contribution is 2.33. The molecule has 6 rings (SSSR count). The average Bonchev–Trinajstić information content (AvgIpc) is 3.72. The van der Waals surface area contributed by atoms with E-state index < -0.39 is 12.1 Å². The number of aryl methyl sites for hydroxylation is 1. The molecule has 14 heteroatoms. The summed E-state index contributed by atoms with van der Waals surface area (Å²) in [5, 5.41) is 11.3. The predicted molar refractivity (Wildman–Crippen MR) is 162 cm³/mol. The maximum absolute atomic E-state index is 13.0. The monoisotopic (exact) mass is 625 g/mol. The molecule has 4 aromatic heterocycles. The Morgan fingerprint density at radius 2 is 2.09 bits per heavy atom. The Morgan fingerprint density at radius 1 is 1.23 bits per heavy atom. The summed E-state index contributed by atoms with van der Waals surface area (Å²) in [5.74, 6) is -0.556. The van der Waals surface area contributed by atoms with Gasteiger partial charge in [-0.25, -0.2) is 9.97 Å².